The Morgan fingerprint density at radius 2 is 2.31 bits per heavy atom. The molecule has 4 rings (SSSR count). The minimum atomic E-state index is 0. The lowest BCUT2D eigenvalue weighted by Crippen LogP contribution is -2.51. The van der Waals surface area contributed by atoms with E-state index in [-0.39, 0.29) is 24.4 Å². The zero-order valence-corrected chi connectivity index (χ0v) is 16.4. The first-order valence-corrected chi connectivity index (χ1v) is 9.84. The maximum absolute atomic E-state index is 12.7. The summed E-state index contributed by atoms with van der Waals surface area (Å²) in [6.07, 6.45) is 9.21. The molecule has 0 aromatic carbocycles. The number of nitrogens with zero attached hydrogens (tertiary/aromatic N) is 2. The average molecular weight is 379 g/mol. The second kappa shape index (κ2) is 8.68. The summed E-state index contributed by atoms with van der Waals surface area (Å²) in [6, 6.07) is 4.61. The van der Waals surface area contributed by atoms with Gasteiger partial charge < -0.3 is 10.6 Å². The van der Waals surface area contributed by atoms with Crippen molar-refractivity contribution in [3.63, 3.8) is 0 Å². The molecule has 1 aromatic heterocycles. The van der Waals surface area contributed by atoms with Crippen LogP contribution >= 0.6 is 12.4 Å². The number of pyridine rings is 1. The van der Waals surface area contributed by atoms with Crippen LogP contribution in [0.1, 0.15) is 44.2 Å². The molecule has 144 valence electrons. The van der Waals surface area contributed by atoms with E-state index in [0.29, 0.717) is 18.5 Å². The van der Waals surface area contributed by atoms with Crippen LogP contribution in [0.2, 0.25) is 0 Å². The number of carbonyl (C=O) groups is 1. The molecule has 5 unspecified atom stereocenters. The number of nitrogens with one attached hydrogen (secondary N) is 2. The molecule has 2 saturated carbocycles. The van der Waals surface area contributed by atoms with E-state index < -0.39 is 0 Å². The first-order valence-electron chi connectivity index (χ1n) is 9.84. The van der Waals surface area contributed by atoms with Crippen molar-refractivity contribution < 1.29 is 4.79 Å². The fourth-order valence-corrected chi connectivity index (χ4v) is 5.33. The van der Waals surface area contributed by atoms with Crippen molar-refractivity contribution in [2.24, 2.45) is 17.8 Å². The lowest BCUT2D eigenvalue weighted by atomic mass is 9.84. The van der Waals surface area contributed by atoms with Crippen LogP contribution in [0.5, 0.6) is 0 Å². The fourth-order valence-electron chi connectivity index (χ4n) is 5.33. The van der Waals surface area contributed by atoms with Gasteiger partial charge in [-0.1, -0.05) is 12.5 Å². The number of hydrogen-bond donors (Lipinski definition) is 2. The van der Waals surface area contributed by atoms with Crippen LogP contribution in [-0.2, 0) is 4.79 Å². The maximum atomic E-state index is 12.7. The van der Waals surface area contributed by atoms with Gasteiger partial charge in [0.05, 0.1) is 6.54 Å². The Kier molecular flexibility index (Phi) is 6.54. The number of carbonyl (C=O) groups excluding carboxylic acids is 1. The molecule has 5 nitrogen and oxygen atoms in total. The van der Waals surface area contributed by atoms with Gasteiger partial charge in [0.15, 0.2) is 0 Å². The number of fused-ring (bicyclic) bond motifs is 2. The number of hydrogen-bond acceptors (Lipinski definition) is 4. The predicted molar refractivity (Wildman–Crippen MR) is 105 cm³/mol. The number of rotatable bonds is 5. The number of amides is 1. The second-order valence-electron chi connectivity index (χ2n) is 8.17. The zero-order valence-electron chi connectivity index (χ0n) is 15.6. The van der Waals surface area contributed by atoms with Crippen LogP contribution in [-0.4, -0.2) is 48.0 Å². The van der Waals surface area contributed by atoms with Gasteiger partial charge in [-0.05, 0) is 55.6 Å². The molecule has 0 radical (unpaired) electrons. The van der Waals surface area contributed by atoms with Gasteiger partial charge in [0.1, 0.15) is 0 Å². The van der Waals surface area contributed by atoms with E-state index in [1.807, 2.05) is 12.3 Å². The van der Waals surface area contributed by atoms with Gasteiger partial charge in [0.25, 0.3) is 0 Å². The van der Waals surface area contributed by atoms with Crippen molar-refractivity contribution in [1.82, 2.24) is 20.5 Å². The van der Waals surface area contributed by atoms with E-state index >= 15 is 0 Å². The molecule has 1 saturated heterocycles. The highest BCUT2D eigenvalue weighted by atomic mass is 35.5. The lowest BCUT2D eigenvalue weighted by molar-refractivity contribution is -0.124. The van der Waals surface area contributed by atoms with Crippen molar-refractivity contribution in [2.45, 2.75) is 44.7 Å². The molecule has 1 aromatic rings. The molecule has 2 heterocycles. The summed E-state index contributed by atoms with van der Waals surface area (Å²) < 4.78 is 0. The topological polar surface area (TPSA) is 57.3 Å². The van der Waals surface area contributed by atoms with Gasteiger partial charge in [-0.3, -0.25) is 14.7 Å². The lowest BCUT2D eigenvalue weighted by Gasteiger charge is -2.36. The van der Waals surface area contributed by atoms with Gasteiger partial charge >= 0.3 is 0 Å². The number of aromatic nitrogens is 1. The largest absolute Gasteiger partial charge is 0.352 e. The van der Waals surface area contributed by atoms with Gasteiger partial charge in [0.2, 0.25) is 5.91 Å². The Morgan fingerprint density at radius 3 is 3.00 bits per heavy atom. The van der Waals surface area contributed by atoms with Crippen LogP contribution in [0.3, 0.4) is 0 Å². The molecule has 2 aliphatic carbocycles. The molecule has 2 bridgehead atoms. The second-order valence-corrected chi connectivity index (χ2v) is 8.17. The minimum Gasteiger partial charge on any atom is -0.352 e. The van der Waals surface area contributed by atoms with Crippen molar-refractivity contribution in [2.75, 3.05) is 26.2 Å². The smallest absolute Gasteiger partial charge is 0.234 e. The van der Waals surface area contributed by atoms with Crippen molar-refractivity contribution in [3.8, 4) is 0 Å². The summed E-state index contributed by atoms with van der Waals surface area (Å²) in [7, 11) is 0. The SMILES string of the molecule is CC(NC(=O)CN1CCNCC1c1cccnc1)C1CC2CCC1C2.Cl. The predicted octanol–water partition coefficient (Wildman–Crippen LogP) is 2.39. The van der Waals surface area contributed by atoms with E-state index in [0.717, 1.165) is 31.5 Å². The Balaban J connectivity index is 0.00000196. The molecule has 3 aliphatic rings. The quantitative estimate of drug-likeness (QED) is 0.826. The molecule has 2 N–H and O–H groups in total. The monoisotopic (exact) mass is 378 g/mol. The van der Waals surface area contributed by atoms with Crippen molar-refractivity contribution >= 4 is 18.3 Å². The summed E-state index contributed by atoms with van der Waals surface area (Å²) in [6.45, 7) is 5.40. The Labute approximate surface area is 162 Å². The molecular weight excluding hydrogens is 348 g/mol. The maximum Gasteiger partial charge on any atom is 0.234 e. The molecule has 3 fully saturated rings. The van der Waals surface area contributed by atoms with Gasteiger partial charge in [-0.2, -0.15) is 0 Å². The number of piperazine rings is 1. The summed E-state index contributed by atoms with van der Waals surface area (Å²) in [5, 5.41) is 6.75. The molecule has 6 heteroatoms. The third kappa shape index (κ3) is 4.21. The normalized spacial score (nSPS) is 32.0. The molecule has 5 atom stereocenters. The van der Waals surface area contributed by atoms with Crippen LogP contribution in [0.25, 0.3) is 0 Å². The zero-order chi connectivity index (χ0) is 17.2. The Morgan fingerprint density at radius 1 is 1.42 bits per heavy atom. The van der Waals surface area contributed by atoms with Crippen LogP contribution in [0, 0.1) is 17.8 Å². The van der Waals surface area contributed by atoms with Gasteiger partial charge in [-0.15, -0.1) is 12.4 Å². The minimum absolute atomic E-state index is 0. The summed E-state index contributed by atoms with van der Waals surface area (Å²) in [5.41, 5.74) is 1.18. The molecule has 0 spiro atoms. The van der Waals surface area contributed by atoms with Crippen molar-refractivity contribution in [1.29, 1.82) is 0 Å². The standard InChI is InChI=1S/C20H30N4O.ClH/c1-14(18-10-15-4-5-16(18)9-15)23-20(25)13-24-8-7-22-12-19(24)17-3-2-6-21-11-17;/h2-3,6,11,14-16,18-19,22H,4-5,7-10,12-13H2,1H3,(H,23,25);1H. The van der Waals surface area contributed by atoms with Crippen LogP contribution < -0.4 is 10.6 Å². The van der Waals surface area contributed by atoms with Gasteiger partial charge in [0, 0.05) is 44.1 Å². The molecule has 26 heavy (non-hydrogen) atoms. The molecular formula is C20H31ClN4O. The van der Waals surface area contributed by atoms with Crippen LogP contribution in [0.15, 0.2) is 24.5 Å². The molecule has 1 amide bonds. The highest BCUT2D eigenvalue weighted by molar-refractivity contribution is 5.85. The van der Waals surface area contributed by atoms with E-state index in [1.54, 1.807) is 6.20 Å². The van der Waals surface area contributed by atoms with Gasteiger partial charge in [-0.25, -0.2) is 0 Å². The van der Waals surface area contributed by atoms with E-state index in [9.17, 15) is 4.79 Å². The first kappa shape index (κ1) is 19.6. The third-order valence-corrected chi connectivity index (χ3v) is 6.59. The third-order valence-electron chi connectivity index (χ3n) is 6.59. The van der Waals surface area contributed by atoms with E-state index in [2.05, 4.69) is 33.5 Å². The van der Waals surface area contributed by atoms with E-state index in [1.165, 1.54) is 31.2 Å². The summed E-state index contributed by atoms with van der Waals surface area (Å²) in [4.78, 5) is 19.2. The first-order chi connectivity index (χ1) is 12.2. The highest BCUT2D eigenvalue weighted by Crippen LogP contribution is 2.49. The molecule has 1 aliphatic heterocycles. The van der Waals surface area contributed by atoms with E-state index in [4.69, 9.17) is 0 Å². The summed E-state index contributed by atoms with van der Waals surface area (Å²) in [5.74, 6) is 2.64. The fraction of sp³-hybridized carbons (Fsp3) is 0.700. The summed E-state index contributed by atoms with van der Waals surface area (Å²) >= 11 is 0. The Bertz CT molecular complexity index is 599. The van der Waals surface area contributed by atoms with Crippen LogP contribution in [0.4, 0.5) is 0 Å². The average Bonchev–Trinajstić information content (AvgIpc) is 3.26. The van der Waals surface area contributed by atoms with Crippen molar-refractivity contribution in [3.05, 3.63) is 30.1 Å². The Hall–Kier alpha value is -1.17. The highest BCUT2D eigenvalue weighted by Gasteiger charge is 2.42. The number of halogens is 1.